The van der Waals surface area contributed by atoms with E-state index in [1.54, 1.807) is 12.3 Å². The quantitative estimate of drug-likeness (QED) is 0.593. The number of fused-ring (bicyclic) bond motifs is 3. The fourth-order valence-corrected chi connectivity index (χ4v) is 4.67. The van der Waals surface area contributed by atoms with Crippen LogP contribution in [-0.4, -0.2) is 37.4 Å². The molecule has 9 heteroatoms. The zero-order chi connectivity index (χ0) is 20.5. The molecule has 0 bridgehead atoms. The van der Waals surface area contributed by atoms with Crippen LogP contribution in [-0.2, 0) is 17.6 Å². The van der Waals surface area contributed by atoms with E-state index in [-0.39, 0.29) is 25.0 Å². The first kappa shape index (κ1) is 19.5. The smallest absolute Gasteiger partial charge is 0.228 e. The highest BCUT2D eigenvalue weighted by atomic mass is 32.1. The summed E-state index contributed by atoms with van der Waals surface area (Å²) in [5, 5.41) is 17.3. The number of thiazole rings is 1. The predicted octanol–water partition coefficient (Wildman–Crippen LogP) is 3.04. The number of aryl methyl sites for hydroxylation is 1. The number of nitrogens with one attached hydrogen (secondary N) is 1. The van der Waals surface area contributed by atoms with Gasteiger partial charge in [0.1, 0.15) is 5.82 Å². The largest absolute Gasteiger partial charge is 0.396 e. The first-order valence-electron chi connectivity index (χ1n) is 9.72. The van der Waals surface area contributed by atoms with E-state index in [1.807, 2.05) is 10.7 Å². The zero-order valence-electron chi connectivity index (χ0n) is 16.5. The maximum Gasteiger partial charge on any atom is 0.228 e. The van der Waals surface area contributed by atoms with Crippen LogP contribution in [0.1, 0.15) is 44.0 Å². The summed E-state index contributed by atoms with van der Waals surface area (Å²) in [4.78, 5) is 21.8. The van der Waals surface area contributed by atoms with Crippen molar-refractivity contribution in [2.24, 2.45) is 0 Å². The molecule has 3 aromatic heterocycles. The number of carbonyl (C=O) groups is 1. The average Bonchev–Trinajstić information content (AvgIpc) is 3.19. The van der Waals surface area contributed by atoms with Gasteiger partial charge in [-0.2, -0.15) is 5.10 Å². The summed E-state index contributed by atoms with van der Waals surface area (Å²) in [5.41, 5.74) is 10.9. The Morgan fingerprint density at radius 2 is 2.21 bits per heavy atom. The highest BCUT2D eigenvalue weighted by Crippen LogP contribution is 2.43. The molecule has 3 aromatic rings. The SMILES string of the molecule is CC(C)n1nc(-c2ccc(N)nc2)c2c1-c1sc(NC(=O)CCO)nc1CCC2. The molecule has 3 heterocycles. The third-order valence-corrected chi connectivity index (χ3v) is 5.92. The van der Waals surface area contributed by atoms with Crippen molar-refractivity contribution in [3.8, 4) is 21.8 Å². The molecular weight excluding hydrogens is 388 g/mol. The molecule has 29 heavy (non-hydrogen) atoms. The van der Waals surface area contributed by atoms with E-state index in [0.717, 1.165) is 46.8 Å². The van der Waals surface area contributed by atoms with Crippen molar-refractivity contribution in [3.63, 3.8) is 0 Å². The van der Waals surface area contributed by atoms with Gasteiger partial charge in [0.15, 0.2) is 5.13 Å². The van der Waals surface area contributed by atoms with Gasteiger partial charge in [-0.25, -0.2) is 9.97 Å². The number of anilines is 2. The van der Waals surface area contributed by atoms with Gasteiger partial charge in [-0.05, 0) is 45.2 Å². The lowest BCUT2D eigenvalue weighted by molar-refractivity contribution is -0.116. The third-order valence-electron chi connectivity index (χ3n) is 4.90. The van der Waals surface area contributed by atoms with Crippen LogP contribution >= 0.6 is 11.3 Å². The molecule has 4 rings (SSSR count). The van der Waals surface area contributed by atoms with Crippen LogP contribution in [0, 0.1) is 0 Å². The molecule has 0 spiro atoms. The number of hydrogen-bond acceptors (Lipinski definition) is 7. The predicted molar refractivity (Wildman–Crippen MR) is 114 cm³/mol. The second kappa shape index (κ2) is 7.92. The number of amides is 1. The van der Waals surface area contributed by atoms with Crippen molar-refractivity contribution < 1.29 is 9.90 Å². The third kappa shape index (κ3) is 3.75. The van der Waals surface area contributed by atoms with Crippen LogP contribution in [0.15, 0.2) is 18.3 Å². The molecule has 0 atom stereocenters. The summed E-state index contributed by atoms with van der Waals surface area (Å²) < 4.78 is 2.04. The Morgan fingerprint density at radius 3 is 2.90 bits per heavy atom. The van der Waals surface area contributed by atoms with Crippen molar-refractivity contribution >= 4 is 28.2 Å². The number of aromatic nitrogens is 4. The Bertz CT molecular complexity index is 1040. The van der Waals surface area contributed by atoms with Gasteiger partial charge >= 0.3 is 0 Å². The molecule has 8 nitrogen and oxygen atoms in total. The zero-order valence-corrected chi connectivity index (χ0v) is 17.3. The topological polar surface area (TPSA) is 119 Å². The summed E-state index contributed by atoms with van der Waals surface area (Å²) in [6, 6.07) is 3.91. The summed E-state index contributed by atoms with van der Waals surface area (Å²) in [6.07, 6.45) is 4.52. The van der Waals surface area contributed by atoms with Crippen molar-refractivity contribution in [1.82, 2.24) is 19.7 Å². The highest BCUT2D eigenvalue weighted by Gasteiger charge is 2.28. The number of carbonyl (C=O) groups excluding carboxylic acids is 1. The van der Waals surface area contributed by atoms with E-state index in [4.69, 9.17) is 15.9 Å². The number of aliphatic hydroxyl groups excluding tert-OH is 1. The van der Waals surface area contributed by atoms with Crippen LogP contribution in [0.4, 0.5) is 10.9 Å². The van der Waals surface area contributed by atoms with E-state index in [9.17, 15) is 4.79 Å². The maximum absolute atomic E-state index is 11.9. The van der Waals surface area contributed by atoms with E-state index in [1.165, 1.54) is 16.9 Å². The minimum atomic E-state index is -0.234. The number of hydrogen-bond donors (Lipinski definition) is 3. The minimum absolute atomic E-state index is 0.0632. The number of rotatable bonds is 5. The van der Waals surface area contributed by atoms with E-state index in [0.29, 0.717) is 10.9 Å². The van der Waals surface area contributed by atoms with Crippen molar-refractivity contribution in [3.05, 3.63) is 29.6 Å². The van der Waals surface area contributed by atoms with E-state index in [2.05, 4.69) is 29.1 Å². The molecule has 152 valence electrons. The normalized spacial score (nSPS) is 13.1. The fourth-order valence-electron chi connectivity index (χ4n) is 3.57. The number of aliphatic hydroxyl groups is 1. The van der Waals surface area contributed by atoms with Gasteiger partial charge in [-0.15, -0.1) is 0 Å². The van der Waals surface area contributed by atoms with Crippen molar-refractivity contribution in [2.75, 3.05) is 17.7 Å². The highest BCUT2D eigenvalue weighted by molar-refractivity contribution is 7.19. The average molecular weight is 413 g/mol. The van der Waals surface area contributed by atoms with Gasteiger partial charge in [0, 0.05) is 23.4 Å². The fraction of sp³-hybridized carbons (Fsp3) is 0.400. The molecule has 4 N–H and O–H groups in total. The molecular formula is C20H24N6O2S. The molecule has 0 aromatic carbocycles. The van der Waals surface area contributed by atoms with Gasteiger partial charge in [0.2, 0.25) is 5.91 Å². The van der Waals surface area contributed by atoms with Crippen LogP contribution in [0.2, 0.25) is 0 Å². The first-order chi connectivity index (χ1) is 14.0. The molecule has 0 aliphatic heterocycles. The monoisotopic (exact) mass is 412 g/mol. The Balaban J connectivity index is 1.83. The Hall–Kier alpha value is -2.78. The summed E-state index contributed by atoms with van der Waals surface area (Å²) >= 11 is 1.47. The summed E-state index contributed by atoms with van der Waals surface area (Å²) in [5.74, 6) is 0.249. The maximum atomic E-state index is 11.9. The second-order valence-electron chi connectivity index (χ2n) is 7.36. The number of pyridine rings is 1. The van der Waals surface area contributed by atoms with E-state index < -0.39 is 0 Å². The van der Waals surface area contributed by atoms with Gasteiger partial charge in [0.25, 0.3) is 0 Å². The molecule has 1 aliphatic rings. The molecule has 0 radical (unpaired) electrons. The summed E-state index contributed by atoms with van der Waals surface area (Å²) in [6.45, 7) is 4.03. The van der Waals surface area contributed by atoms with Crippen LogP contribution in [0.5, 0.6) is 0 Å². The molecule has 1 amide bonds. The number of nitrogens with two attached hydrogens (primary N) is 1. The van der Waals surface area contributed by atoms with Gasteiger partial charge in [-0.3, -0.25) is 9.48 Å². The molecule has 0 unspecified atom stereocenters. The number of nitrogens with zero attached hydrogens (tertiary/aromatic N) is 4. The molecule has 1 aliphatic carbocycles. The summed E-state index contributed by atoms with van der Waals surface area (Å²) in [7, 11) is 0. The molecule has 0 saturated carbocycles. The number of nitrogen functional groups attached to an aromatic ring is 1. The second-order valence-corrected chi connectivity index (χ2v) is 8.36. The van der Waals surface area contributed by atoms with Gasteiger partial charge in [0.05, 0.1) is 35.0 Å². The Morgan fingerprint density at radius 1 is 1.38 bits per heavy atom. The lowest BCUT2D eigenvalue weighted by Crippen LogP contribution is -2.12. The first-order valence-corrected chi connectivity index (χ1v) is 10.5. The van der Waals surface area contributed by atoms with Crippen LogP contribution in [0.3, 0.4) is 0 Å². The molecule has 0 saturated heterocycles. The van der Waals surface area contributed by atoms with Gasteiger partial charge in [-0.1, -0.05) is 11.3 Å². The lowest BCUT2D eigenvalue weighted by Gasteiger charge is -2.10. The standard InChI is InChI=1S/C20H24N6O2S/c1-11(2)26-18-13(17(25-26)12-6-7-15(21)22-10-12)4-3-5-14-19(18)29-20(23-14)24-16(28)8-9-27/h6-7,10-11,27H,3-5,8-9H2,1-2H3,(H2,21,22)(H,23,24,28). The lowest BCUT2D eigenvalue weighted by atomic mass is 10.0. The van der Waals surface area contributed by atoms with Crippen molar-refractivity contribution in [2.45, 2.75) is 45.6 Å². The van der Waals surface area contributed by atoms with E-state index >= 15 is 0 Å². The van der Waals surface area contributed by atoms with Crippen molar-refractivity contribution in [1.29, 1.82) is 0 Å². The van der Waals surface area contributed by atoms with Gasteiger partial charge < -0.3 is 16.2 Å². The minimum Gasteiger partial charge on any atom is -0.396 e. The Kier molecular flexibility index (Phi) is 5.33. The van der Waals surface area contributed by atoms with Crippen LogP contribution in [0.25, 0.3) is 21.8 Å². The molecule has 0 fully saturated rings. The Labute approximate surface area is 172 Å². The van der Waals surface area contributed by atoms with Crippen LogP contribution < -0.4 is 11.1 Å².